The zero-order valence-electron chi connectivity index (χ0n) is 17.9. The van der Waals surface area contributed by atoms with E-state index in [0.717, 1.165) is 13.6 Å². The molecule has 4 rings (SSSR count). The second kappa shape index (κ2) is 10.7. The van der Waals surface area contributed by atoms with Gasteiger partial charge in [-0.1, -0.05) is 34.1 Å². The van der Waals surface area contributed by atoms with Crippen molar-refractivity contribution in [1.82, 2.24) is 5.32 Å². The van der Waals surface area contributed by atoms with Gasteiger partial charge in [-0.25, -0.2) is 0 Å². The largest absolute Gasteiger partial charge is 0.493 e. The fourth-order valence-electron chi connectivity index (χ4n) is 3.28. The molecule has 3 aromatic carbocycles. The van der Waals surface area contributed by atoms with Crippen molar-refractivity contribution >= 4 is 79.4 Å². The summed E-state index contributed by atoms with van der Waals surface area (Å²) in [5.74, 6) is -0.0143. The number of amides is 2. The van der Waals surface area contributed by atoms with Crippen molar-refractivity contribution in [3.05, 3.63) is 91.5 Å². The van der Waals surface area contributed by atoms with Crippen molar-refractivity contribution in [2.24, 2.45) is 0 Å². The Labute approximate surface area is 224 Å². The maximum absolute atomic E-state index is 13.2. The highest BCUT2D eigenvalue weighted by Crippen LogP contribution is 2.31. The van der Waals surface area contributed by atoms with Crippen molar-refractivity contribution in [3.63, 3.8) is 0 Å². The molecule has 2 amide bonds. The second-order valence-electron chi connectivity index (χ2n) is 7.26. The first-order chi connectivity index (χ1) is 16.4. The Morgan fingerprint density at radius 1 is 1.03 bits per heavy atom. The van der Waals surface area contributed by atoms with E-state index in [-0.39, 0.29) is 10.7 Å². The molecule has 172 valence electrons. The van der Waals surface area contributed by atoms with Crippen LogP contribution < -0.4 is 19.7 Å². The molecular formula is C25H18BrIN2O4S. The first-order valence-electron chi connectivity index (χ1n) is 10.1. The number of halogens is 2. The van der Waals surface area contributed by atoms with Crippen LogP contribution in [0.5, 0.6) is 11.5 Å². The number of carbonyl (C=O) groups is 2. The number of ether oxygens (including phenoxy) is 2. The fourth-order valence-corrected chi connectivity index (χ4v) is 4.19. The summed E-state index contributed by atoms with van der Waals surface area (Å²) in [6, 6.07) is 20.3. The fraction of sp³-hybridized carbons (Fsp3) is 0.0800. The normalized spacial score (nSPS) is 14.9. The average molecular weight is 649 g/mol. The lowest BCUT2D eigenvalue weighted by molar-refractivity contribution is -0.122. The Morgan fingerprint density at radius 2 is 1.74 bits per heavy atom. The number of thiocarbonyl (C=S) groups is 1. The average Bonchev–Trinajstić information content (AvgIpc) is 2.83. The highest BCUT2D eigenvalue weighted by atomic mass is 127. The molecule has 0 unspecified atom stereocenters. The summed E-state index contributed by atoms with van der Waals surface area (Å²) in [6.07, 6.45) is 1.51. The van der Waals surface area contributed by atoms with Gasteiger partial charge in [-0.15, -0.1) is 0 Å². The lowest BCUT2D eigenvalue weighted by Crippen LogP contribution is -2.54. The number of hydrogen-bond donors (Lipinski definition) is 1. The summed E-state index contributed by atoms with van der Waals surface area (Å²) >= 11 is 10.9. The lowest BCUT2D eigenvalue weighted by Gasteiger charge is -2.29. The molecule has 0 atom stereocenters. The summed E-state index contributed by atoms with van der Waals surface area (Å²) in [4.78, 5) is 27.1. The minimum absolute atomic E-state index is 0.0337. The summed E-state index contributed by atoms with van der Waals surface area (Å²) < 4.78 is 13.4. The molecule has 6 nitrogen and oxygen atoms in total. The second-order valence-corrected chi connectivity index (χ2v) is 9.81. The van der Waals surface area contributed by atoms with E-state index in [1.165, 1.54) is 18.1 Å². The van der Waals surface area contributed by atoms with Crippen LogP contribution in [-0.2, 0) is 16.2 Å². The Balaban J connectivity index is 1.58. The smallest absolute Gasteiger partial charge is 0.270 e. The third-order valence-corrected chi connectivity index (χ3v) is 6.53. The Hall–Kier alpha value is -2.76. The van der Waals surface area contributed by atoms with E-state index in [1.807, 2.05) is 24.3 Å². The topological polar surface area (TPSA) is 67.9 Å². The van der Waals surface area contributed by atoms with E-state index in [4.69, 9.17) is 21.7 Å². The van der Waals surface area contributed by atoms with Gasteiger partial charge in [-0.05, 0) is 101 Å². The number of nitrogens with one attached hydrogen (secondary N) is 1. The minimum atomic E-state index is -0.554. The zero-order chi connectivity index (χ0) is 24.2. The van der Waals surface area contributed by atoms with E-state index < -0.39 is 11.8 Å². The molecule has 0 aliphatic carbocycles. The number of nitrogens with zero attached hydrogens (tertiary/aromatic N) is 1. The summed E-state index contributed by atoms with van der Waals surface area (Å²) in [5, 5.41) is 2.62. The maximum Gasteiger partial charge on any atom is 0.270 e. The van der Waals surface area contributed by atoms with E-state index in [0.29, 0.717) is 29.4 Å². The van der Waals surface area contributed by atoms with Crippen molar-refractivity contribution < 1.29 is 19.1 Å². The van der Waals surface area contributed by atoms with Crippen LogP contribution in [0, 0.1) is 3.57 Å². The first kappa shape index (κ1) is 24.4. The third kappa shape index (κ3) is 5.48. The van der Waals surface area contributed by atoms with E-state index in [1.54, 1.807) is 42.5 Å². The van der Waals surface area contributed by atoms with Gasteiger partial charge in [0.1, 0.15) is 12.2 Å². The Kier molecular flexibility index (Phi) is 7.64. The van der Waals surface area contributed by atoms with Gasteiger partial charge in [-0.2, -0.15) is 0 Å². The van der Waals surface area contributed by atoms with Crippen LogP contribution in [0.25, 0.3) is 6.08 Å². The van der Waals surface area contributed by atoms with E-state index in [9.17, 15) is 9.59 Å². The Bertz CT molecular complexity index is 1290. The highest BCUT2D eigenvalue weighted by molar-refractivity contribution is 14.1. The molecule has 9 heteroatoms. The predicted molar refractivity (Wildman–Crippen MR) is 147 cm³/mol. The number of carbonyl (C=O) groups excluding carboxylic acids is 2. The van der Waals surface area contributed by atoms with Gasteiger partial charge >= 0.3 is 0 Å². The molecule has 0 bridgehead atoms. The standard InChI is InChI=1S/C25H18BrIN2O4S/c1-32-22-13-16(4-11-21(22)33-14-15-2-7-18(27)8-3-15)12-20-23(30)28-25(34)29(24(20)31)19-9-5-17(26)6-10-19/h2-13H,14H2,1H3,(H,28,30,34)/b20-12+. The van der Waals surface area contributed by atoms with Crippen LogP contribution in [-0.4, -0.2) is 24.0 Å². The summed E-state index contributed by atoms with van der Waals surface area (Å²) in [6.45, 7) is 0.383. The van der Waals surface area contributed by atoms with Crippen LogP contribution in [0.1, 0.15) is 11.1 Å². The van der Waals surface area contributed by atoms with Gasteiger partial charge in [0, 0.05) is 8.04 Å². The molecule has 1 fully saturated rings. The van der Waals surface area contributed by atoms with Gasteiger partial charge in [-0.3, -0.25) is 19.8 Å². The van der Waals surface area contributed by atoms with E-state index in [2.05, 4.69) is 43.8 Å². The maximum atomic E-state index is 13.2. The minimum Gasteiger partial charge on any atom is -0.493 e. The molecule has 1 aliphatic heterocycles. The van der Waals surface area contributed by atoms with Gasteiger partial charge < -0.3 is 9.47 Å². The number of rotatable bonds is 6. The Morgan fingerprint density at radius 3 is 2.41 bits per heavy atom. The molecule has 3 aromatic rings. The van der Waals surface area contributed by atoms with Crippen LogP contribution in [0.15, 0.2) is 76.8 Å². The zero-order valence-corrected chi connectivity index (χ0v) is 22.4. The van der Waals surface area contributed by atoms with Crippen molar-refractivity contribution in [3.8, 4) is 11.5 Å². The molecule has 1 N–H and O–H groups in total. The molecular weight excluding hydrogens is 631 g/mol. The van der Waals surface area contributed by atoms with Gasteiger partial charge in [0.05, 0.1) is 12.8 Å². The van der Waals surface area contributed by atoms with Crippen LogP contribution in [0.4, 0.5) is 5.69 Å². The van der Waals surface area contributed by atoms with Gasteiger partial charge in [0.2, 0.25) is 0 Å². The third-order valence-electron chi connectivity index (χ3n) is 4.99. The molecule has 0 radical (unpaired) electrons. The van der Waals surface area contributed by atoms with Gasteiger partial charge in [0.15, 0.2) is 16.6 Å². The molecule has 0 aromatic heterocycles. The summed E-state index contributed by atoms with van der Waals surface area (Å²) in [5.41, 5.74) is 2.16. The van der Waals surface area contributed by atoms with Crippen molar-refractivity contribution in [1.29, 1.82) is 0 Å². The van der Waals surface area contributed by atoms with Crippen LogP contribution in [0.3, 0.4) is 0 Å². The molecule has 1 aliphatic rings. The highest BCUT2D eigenvalue weighted by Gasteiger charge is 2.34. The monoisotopic (exact) mass is 648 g/mol. The van der Waals surface area contributed by atoms with Crippen LogP contribution >= 0.6 is 50.7 Å². The van der Waals surface area contributed by atoms with E-state index >= 15 is 0 Å². The number of hydrogen-bond acceptors (Lipinski definition) is 5. The molecule has 0 spiro atoms. The molecule has 1 saturated heterocycles. The van der Waals surface area contributed by atoms with Crippen molar-refractivity contribution in [2.75, 3.05) is 12.0 Å². The first-order valence-corrected chi connectivity index (χ1v) is 12.4. The number of anilines is 1. The SMILES string of the molecule is COc1cc(/C=C2\C(=O)NC(=S)N(c3ccc(Br)cc3)C2=O)ccc1OCc1ccc(I)cc1. The van der Waals surface area contributed by atoms with Crippen LogP contribution in [0.2, 0.25) is 0 Å². The van der Waals surface area contributed by atoms with Crippen molar-refractivity contribution in [2.45, 2.75) is 6.61 Å². The number of methoxy groups -OCH3 is 1. The van der Waals surface area contributed by atoms with Gasteiger partial charge in [0.25, 0.3) is 11.8 Å². The quantitative estimate of drug-likeness (QED) is 0.166. The molecule has 1 heterocycles. The molecule has 34 heavy (non-hydrogen) atoms. The predicted octanol–water partition coefficient (Wildman–Crippen LogP) is 5.47. The molecule has 0 saturated carbocycles. The lowest BCUT2D eigenvalue weighted by atomic mass is 10.1. The summed E-state index contributed by atoms with van der Waals surface area (Å²) in [7, 11) is 1.54. The number of benzene rings is 3.